The van der Waals surface area contributed by atoms with E-state index in [-0.39, 0.29) is 6.54 Å². The Kier molecular flexibility index (Phi) is 4.79. The summed E-state index contributed by atoms with van der Waals surface area (Å²) in [6.45, 7) is 3.79. The molecule has 0 saturated carbocycles. The highest BCUT2D eigenvalue weighted by atomic mass is 28.3. The molecule has 0 aromatic heterocycles. The lowest BCUT2D eigenvalue weighted by Crippen LogP contribution is -2.78. The third kappa shape index (κ3) is 2.95. The Bertz CT molecular complexity index is 375. The molecule has 117 valence electrons. The third-order valence-corrected chi connectivity index (χ3v) is 4.20. The molecule has 10 heteroatoms. The van der Waals surface area contributed by atoms with Gasteiger partial charge in [0.25, 0.3) is 11.5 Å². The standard InChI is InChI=1S/C10H14F6NO2Si/c1-20(2)5-3-4-17-7(18)8(10(14,15)16)6(11)9(12,13)19-8/h6H,3-5H2,1-2H3,(H,17,18). The summed E-state index contributed by atoms with van der Waals surface area (Å²) in [5.41, 5.74) is -4.11. The average Bonchev–Trinajstić information content (AvgIpc) is 2.29. The van der Waals surface area contributed by atoms with E-state index in [1.165, 1.54) is 0 Å². The molecule has 2 atom stereocenters. The van der Waals surface area contributed by atoms with Gasteiger partial charge in [-0.3, -0.25) is 9.53 Å². The number of halogens is 6. The lowest BCUT2D eigenvalue weighted by Gasteiger charge is -2.48. The Hall–Kier alpha value is -0.773. The Morgan fingerprint density at radius 3 is 2.25 bits per heavy atom. The van der Waals surface area contributed by atoms with Gasteiger partial charge in [-0.2, -0.15) is 22.0 Å². The fraction of sp³-hybridized carbons (Fsp3) is 0.900. The van der Waals surface area contributed by atoms with Crippen LogP contribution in [-0.2, 0) is 9.53 Å². The van der Waals surface area contributed by atoms with E-state index in [1.807, 2.05) is 18.4 Å². The van der Waals surface area contributed by atoms with Crippen molar-refractivity contribution in [3.8, 4) is 0 Å². The van der Waals surface area contributed by atoms with Crippen molar-refractivity contribution in [1.82, 2.24) is 5.32 Å². The molecule has 0 aromatic carbocycles. The molecule has 0 spiro atoms. The number of hydrogen-bond acceptors (Lipinski definition) is 2. The average molecular weight is 322 g/mol. The summed E-state index contributed by atoms with van der Waals surface area (Å²) in [6, 6.07) is 0.722. The molecule has 0 bridgehead atoms. The van der Waals surface area contributed by atoms with Crippen LogP contribution in [0.4, 0.5) is 26.3 Å². The van der Waals surface area contributed by atoms with Crippen molar-refractivity contribution >= 4 is 14.7 Å². The predicted molar refractivity (Wildman–Crippen MR) is 59.6 cm³/mol. The van der Waals surface area contributed by atoms with Crippen LogP contribution in [0.1, 0.15) is 6.42 Å². The second-order valence-electron chi connectivity index (χ2n) is 4.83. The third-order valence-electron chi connectivity index (χ3n) is 2.85. The highest BCUT2D eigenvalue weighted by Gasteiger charge is 2.84. The number of amides is 1. The highest BCUT2D eigenvalue weighted by molar-refractivity contribution is 6.55. The van der Waals surface area contributed by atoms with Crippen molar-refractivity contribution in [2.45, 2.75) is 49.6 Å². The molecular weight excluding hydrogens is 308 g/mol. The van der Waals surface area contributed by atoms with E-state index < -0.39 is 38.8 Å². The van der Waals surface area contributed by atoms with Crippen LogP contribution in [0, 0.1) is 0 Å². The number of alkyl halides is 6. The molecule has 1 N–H and O–H groups in total. The molecule has 0 aromatic rings. The number of nitrogens with one attached hydrogen (secondary N) is 1. The molecule has 1 radical (unpaired) electrons. The number of ether oxygens (including phenoxy) is 1. The normalized spacial score (nSPS) is 29.1. The van der Waals surface area contributed by atoms with Gasteiger partial charge in [0.05, 0.1) is 0 Å². The largest absolute Gasteiger partial charge is 0.430 e. The maximum Gasteiger partial charge on any atom is 0.430 e. The van der Waals surface area contributed by atoms with Crippen molar-refractivity contribution in [3.63, 3.8) is 0 Å². The quantitative estimate of drug-likeness (QED) is 0.480. The summed E-state index contributed by atoms with van der Waals surface area (Å²) in [6.07, 6.45) is -13.5. The second kappa shape index (κ2) is 5.55. The van der Waals surface area contributed by atoms with Crippen LogP contribution in [0.25, 0.3) is 0 Å². The highest BCUT2D eigenvalue weighted by Crippen LogP contribution is 2.54. The Balaban J connectivity index is 2.70. The van der Waals surface area contributed by atoms with Crippen LogP contribution in [0.2, 0.25) is 19.1 Å². The monoisotopic (exact) mass is 322 g/mol. The molecule has 0 aliphatic carbocycles. The first kappa shape index (κ1) is 17.3. The summed E-state index contributed by atoms with van der Waals surface area (Å²) >= 11 is 0. The SMILES string of the molecule is C[Si](C)CCCNC(=O)C1(C(F)(F)F)OC(F)(F)C1F. The van der Waals surface area contributed by atoms with E-state index in [2.05, 4.69) is 4.74 Å². The molecule has 1 heterocycles. The molecule has 2 unspecified atom stereocenters. The van der Waals surface area contributed by atoms with Crippen molar-refractivity contribution in [2.75, 3.05) is 6.54 Å². The minimum Gasteiger partial charge on any atom is -0.353 e. The van der Waals surface area contributed by atoms with E-state index in [0.717, 1.165) is 6.04 Å². The van der Waals surface area contributed by atoms with E-state index in [0.29, 0.717) is 6.42 Å². The Labute approximate surface area is 113 Å². The summed E-state index contributed by atoms with van der Waals surface area (Å²) < 4.78 is 79.6. The molecule has 1 aliphatic rings. The smallest absolute Gasteiger partial charge is 0.353 e. The Morgan fingerprint density at radius 1 is 1.35 bits per heavy atom. The lowest BCUT2D eigenvalue weighted by atomic mass is 9.88. The van der Waals surface area contributed by atoms with Crippen LogP contribution in [-0.4, -0.2) is 45.3 Å². The first-order valence-electron chi connectivity index (χ1n) is 5.81. The van der Waals surface area contributed by atoms with E-state index >= 15 is 0 Å². The van der Waals surface area contributed by atoms with Gasteiger partial charge in [0.1, 0.15) is 0 Å². The van der Waals surface area contributed by atoms with Crippen molar-refractivity contribution in [1.29, 1.82) is 0 Å². The molecule has 1 saturated heterocycles. The summed E-state index contributed by atoms with van der Waals surface area (Å²) in [5, 5.41) is 1.81. The molecule has 20 heavy (non-hydrogen) atoms. The number of carbonyl (C=O) groups excluding carboxylic acids is 1. The van der Waals surface area contributed by atoms with Gasteiger partial charge in [-0.15, -0.1) is 0 Å². The molecule has 3 nitrogen and oxygen atoms in total. The summed E-state index contributed by atoms with van der Waals surface area (Å²) in [5.74, 6) is -1.91. The number of carbonyl (C=O) groups is 1. The van der Waals surface area contributed by atoms with Gasteiger partial charge < -0.3 is 5.32 Å². The van der Waals surface area contributed by atoms with Gasteiger partial charge in [0.15, 0.2) is 0 Å². The van der Waals surface area contributed by atoms with Gasteiger partial charge in [0.2, 0.25) is 6.17 Å². The van der Waals surface area contributed by atoms with Crippen LogP contribution >= 0.6 is 0 Å². The van der Waals surface area contributed by atoms with E-state index in [9.17, 15) is 31.1 Å². The van der Waals surface area contributed by atoms with Crippen LogP contribution < -0.4 is 5.32 Å². The van der Waals surface area contributed by atoms with Crippen molar-refractivity contribution < 1.29 is 35.9 Å². The fourth-order valence-corrected chi connectivity index (χ4v) is 2.65. The lowest BCUT2D eigenvalue weighted by molar-refractivity contribution is -0.473. The zero-order valence-electron chi connectivity index (χ0n) is 10.8. The second-order valence-corrected chi connectivity index (χ2v) is 7.74. The maximum absolute atomic E-state index is 13.1. The molecule has 1 rings (SSSR count). The molecule has 1 amide bonds. The zero-order chi connectivity index (χ0) is 15.8. The molecule has 1 fully saturated rings. The predicted octanol–water partition coefficient (Wildman–Crippen LogP) is 2.51. The van der Waals surface area contributed by atoms with Gasteiger partial charge in [-0.05, 0) is 6.42 Å². The minimum atomic E-state index is -5.55. The topological polar surface area (TPSA) is 38.3 Å². The minimum absolute atomic E-state index is 0.145. The first-order valence-corrected chi connectivity index (χ1v) is 8.52. The van der Waals surface area contributed by atoms with Gasteiger partial charge in [-0.25, -0.2) is 4.39 Å². The summed E-state index contributed by atoms with van der Waals surface area (Å²) in [4.78, 5) is 11.4. The zero-order valence-corrected chi connectivity index (χ0v) is 11.8. The van der Waals surface area contributed by atoms with Crippen LogP contribution in [0.5, 0.6) is 0 Å². The maximum atomic E-state index is 13.1. The fourth-order valence-electron chi connectivity index (χ4n) is 1.76. The van der Waals surface area contributed by atoms with Crippen molar-refractivity contribution in [3.05, 3.63) is 0 Å². The van der Waals surface area contributed by atoms with Gasteiger partial charge in [0, 0.05) is 15.3 Å². The van der Waals surface area contributed by atoms with Gasteiger partial charge in [-0.1, -0.05) is 19.1 Å². The Morgan fingerprint density at radius 2 is 1.90 bits per heavy atom. The van der Waals surface area contributed by atoms with Crippen LogP contribution in [0.3, 0.4) is 0 Å². The number of hydrogen-bond donors (Lipinski definition) is 1. The van der Waals surface area contributed by atoms with E-state index in [1.54, 1.807) is 0 Å². The van der Waals surface area contributed by atoms with Crippen LogP contribution in [0.15, 0.2) is 0 Å². The summed E-state index contributed by atoms with van der Waals surface area (Å²) in [7, 11) is -0.615. The molecule has 1 aliphatic heterocycles. The molecular formula is C10H14F6NO2Si. The van der Waals surface area contributed by atoms with Crippen molar-refractivity contribution in [2.24, 2.45) is 0 Å². The number of rotatable bonds is 5. The van der Waals surface area contributed by atoms with Gasteiger partial charge >= 0.3 is 12.3 Å². The van der Waals surface area contributed by atoms with E-state index in [4.69, 9.17) is 0 Å². The first-order chi connectivity index (χ1) is 8.95.